The van der Waals surface area contributed by atoms with Crippen molar-refractivity contribution < 1.29 is 9.31 Å². The molecule has 0 heterocycles. The van der Waals surface area contributed by atoms with Crippen molar-refractivity contribution in [3.63, 3.8) is 0 Å². The van der Waals surface area contributed by atoms with Crippen molar-refractivity contribution in [1.29, 1.82) is 0 Å². The maximum absolute atomic E-state index is 13.2. The summed E-state index contributed by atoms with van der Waals surface area (Å²) in [6.45, 7) is 4.24. The lowest BCUT2D eigenvalue weighted by atomic mass is 10.2. The van der Waals surface area contributed by atoms with Crippen LogP contribution in [0.25, 0.3) is 0 Å². The number of benzene rings is 2. The van der Waals surface area contributed by atoms with Gasteiger partial charge in [-0.2, -0.15) is 0 Å². The minimum atomic E-state index is -0.443. The van der Waals surface area contributed by atoms with Gasteiger partial charge in [0, 0.05) is 35.7 Å². The molecule has 2 aromatic rings. The van der Waals surface area contributed by atoms with E-state index in [4.69, 9.17) is 0 Å². The first kappa shape index (κ1) is 14.8. The minimum absolute atomic E-state index is 0.00483. The second kappa shape index (κ2) is 6.21. The Morgan fingerprint density at radius 2 is 1.86 bits per heavy atom. The van der Waals surface area contributed by atoms with Crippen LogP contribution in [0.3, 0.4) is 0 Å². The molecule has 0 spiro atoms. The Kier molecular flexibility index (Phi) is 4.37. The van der Waals surface area contributed by atoms with Crippen molar-refractivity contribution in [2.24, 2.45) is 0 Å². The van der Waals surface area contributed by atoms with Crippen molar-refractivity contribution in [3.05, 3.63) is 57.9 Å². The zero-order chi connectivity index (χ0) is 15.4. The molecule has 0 unspecified atom stereocenters. The van der Waals surface area contributed by atoms with Gasteiger partial charge in [0.1, 0.15) is 5.82 Å². The highest BCUT2D eigenvalue weighted by atomic mass is 19.1. The largest absolute Gasteiger partial charge is 0.385 e. The Hall–Kier alpha value is -2.63. The Labute approximate surface area is 122 Å². The van der Waals surface area contributed by atoms with Gasteiger partial charge in [0.05, 0.1) is 4.92 Å². The van der Waals surface area contributed by atoms with Crippen molar-refractivity contribution >= 4 is 22.7 Å². The van der Waals surface area contributed by atoms with E-state index in [2.05, 4.69) is 10.6 Å². The number of halogens is 1. The molecule has 0 aromatic heterocycles. The lowest BCUT2D eigenvalue weighted by molar-refractivity contribution is -0.384. The van der Waals surface area contributed by atoms with Gasteiger partial charge in [-0.1, -0.05) is 0 Å². The smallest absolute Gasteiger partial charge is 0.273 e. The summed E-state index contributed by atoms with van der Waals surface area (Å²) in [6, 6.07) is 9.30. The van der Waals surface area contributed by atoms with E-state index in [0.717, 1.165) is 0 Å². The van der Waals surface area contributed by atoms with Crippen LogP contribution in [0.5, 0.6) is 0 Å². The highest BCUT2D eigenvalue weighted by molar-refractivity contribution is 5.69. The fourth-order valence-electron chi connectivity index (χ4n) is 1.98. The topological polar surface area (TPSA) is 67.2 Å². The van der Waals surface area contributed by atoms with Crippen LogP contribution in [0, 0.1) is 22.9 Å². The molecule has 5 nitrogen and oxygen atoms in total. The highest BCUT2D eigenvalue weighted by Crippen LogP contribution is 2.27. The summed E-state index contributed by atoms with van der Waals surface area (Å²) in [5.41, 5.74) is 2.42. The van der Waals surface area contributed by atoms with Crippen LogP contribution in [-0.2, 0) is 0 Å². The summed E-state index contributed by atoms with van der Waals surface area (Å²) in [5, 5.41) is 17.1. The zero-order valence-electron chi connectivity index (χ0n) is 11.8. The van der Waals surface area contributed by atoms with Crippen LogP contribution in [0.4, 0.5) is 27.1 Å². The van der Waals surface area contributed by atoms with Gasteiger partial charge < -0.3 is 10.6 Å². The Bertz CT molecular complexity index is 674. The van der Waals surface area contributed by atoms with Crippen molar-refractivity contribution in [3.8, 4) is 0 Å². The Morgan fingerprint density at radius 3 is 2.48 bits per heavy atom. The number of nitrogens with one attached hydrogen (secondary N) is 2. The van der Waals surface area contributed by atoms with E-state index in [9.17, 15) is 14.5 Å². The monoisotopic (exact) mass is 289 g/mol. The van der Waals surface area contributed by atoms with Crippen molar-refractivity contribution in [2.45, 2.75) is 13.8 Å². The number of anilines is 3. The molecule has 110 valence electrons. The summed E-state index contributed by atoms with van der Waals surface area (Å²) in [7, 11) is 0. The molecule has 0 saturated heterocycles. The van der Waals surface area contributed by atoms with Gasteiger partial charge in [-0.15, -0.1) is 0 Å². The van der Waals surface area contributed by atoms with E-state index in [1.807, 2.05) is 6.92 Å². The number of nitro groups is 1. The number of aryl methyl sites for hydroxylation is 1. The maximum Gasteiger partial charge on any atom is 0.273 e. The number of nitrogens with zero attached hydrogens (tertiary/aromatic N) is 1. The molecule has 0 saturated carbocycles. The van der Waals surface area contributed by atoms with Gasteiger partial charge in [0.15, 0.2) is 0 Å². The molecule has 0 aliphatic carbocycles. The molecule has 0 fully saturated rings. The lowest BCUT2D eigenvalue weighted by Gasteiger charge is -2.10. The average Bonchev–Trinajstić information content (AvgIpc) is 2.43. The average molecular weight is 289 g/mol. The highest BCUT2D eigenvalue weighted by Gasteiger charge is 2.10. The van der Waals surface area contributed by atoms with Crippen LogP contribution >= 0.6 is 0 Å². The molecule has 0 radical (unpaired) electrons. The zero-order valence-corrected chi connectivity index (χ0v) is 11.8. The molecule has 0 aliphatic heterocycles. The van der Waals surface area contributed by atoms with E-state index < -0.39 is 4.92 Å². The fourth-order valence-corrected chi connectivity index (χ4v) is 1.98. The van der Waals surface area contributed by atoms with Crippen LogP contribution in [-0.4, -0.2) is 11.5 Å². The van der Waals surface area contributed by atoms with Crippen molar-refractivity contribution in [1.82, 2.24) is 0 Å². The van der Waals surface area contributed by atoms with Gasteiger partial charge in [0.2, 0.25) is 0 Å². The molecule has 0 bridgehead atoms. The summed E-state index contributed by atoms with van der Waals surface area (Å²) < 4.78 is 13.2. The molecule has 0 aliphatic rings. The number of nitro benzene ring substituents is 1. The summed E-state index contributed by atoms with van der Waals surface area (Å²) >= 11 is 0. The van der Waals surface area contributed by atoms with Gasteiger partial charge in [-0.25, -0.2) is 4.39 Å². The second-order valence-corrected chi connectivity index (χ2v) is 4.64. The van der Waals surface area contributed by atoms with Gasteiger partial charge in [-0.3, -0.25) is 10.1 Å². The van der Waals surface area contributed by atoms with Gasteiger partial charge in [0.25, 0.3) is 5.69 Å². The second-order valence-electron chi connectivity index (χ2n) is 4.64. The maximum atomic E-state index is 13.2. The third-order valence-corrected chi connectivity index (χ3v) is 2.96. The van der Waals surface area contributed by atoms with E-state index in [1.54, 1.807) is 25.1 Å². The van der Waals surface area contributed by atoms with E-state index in [1.165, 1.54) is 18.2 Å². The summed E-state index contributed by atoms with van der Waals surface area (Å²) in [5.74, 6) is -0.284. The molecule has 6 heteroatoms. The number of non-ortho nitro benzene ring substituents is 1. The predicted molar refractivity (Wildman–Crippen MR) is 81.7 cm³/mol. The number of rotatable bonds is 5. The normalized spacial score (nSPS) is 10.2. The van der Waals surface area contributed by atoms with Crippen molar-refractivity contribution in [2.75, 3.05) is 17.2 Å². The Morgan fingerprint density at radius 1 is 1.14 bits per heavy atom. The molecule has 2 N–H and O–H groups in total. The van der Waals surface area contributed by atoms with Crippen LogP contribution < -0.4 is 10.6 Å². The minimum Gasteiger partial charge on any atom is -0.385 e. The molecule has 2 aromatic carbocycles. The van der Waals surface area contributed by atoms with Crippen LogP contribution in [0.2, 0.25) is 0 Å². The summed E-state index contributed by atoms with van der Waals surface area (Å²) in [6.07, 6.45) is 0. The SMILES string of the molecule is CCNc1cc(Nc2ccc(F)c(C)c2)cc([N+](=O)[O-])c1. The van der Waals surface area contributed by atoms with E-state index >= 15 is 0 Å². The molecule has 21 heavy (non-hydrogen) atoms. The third-order valence-electron chi connectivity index (χ3n) is 2.96. The number of hydrogen-bond acceptors (Lipinski definition) is 4. The molecular formula is C15H16FN3O2. The fraction of sp³-hybridized carbons (Fsp3) is 0.200. The van der Waals surface area contributed by atoms with E-state index in [0.29, 0.717) is 29.2 Å². The van der Waals surface area contributed by atoms with E-state index in [-0.39, 0.29) is 11.5 Å². The third kappa shape index (κ3) is 3.68. The standard InChI is InChI=1S/C15H16FN3O2/c1-3-17-12-7-13(9-14(8-12)19(20)21)18-11-4-5-15(16)10(2)6-11/h4-9,17-18H,3H2,1-2H3. The summed E-state index contributed by atoms with van der Waals surface area (Å²) in [4.78, 5) is 10.5. The van der Waals surface area contributed by atoms with Crippen LogP contribution in [0.1, 0.15) is 12.5 Å². The molecule has 0 amide bonds. The first-order chi connectivity index (χ1) is 9.99. The molecule has 0 atom stereocenters. The van der Waals surface area contributed by atoms with Gasteiger partial charge >= 0.3 is 0 Å². The first-order valence-corrected chi connectivity index (χ1v) is 6.56. The Balaban J connectivity index is 2.33. The lowest BCUT2D eigenvalue weighted by Crippen LogP contribution is -2.00. The predicted octanol–water partition coefficient (Wildman–Crippen LogP) is 4.22. The quantitative estimate of drug-likeness (QED) is 0.639. The first-order valence-electron chi connectivity index (χ1n) is 6.56. The van der Waals surface area contributed by atoms with Crippen LogP contribution in [0.15, 0.2) is 36.4 Å². The molecular weight excluding hydrogens is 273 g/mol. The number of hydrogen-bond donors (Lipinski definition) is 2. The molecule has 2 rings (SSSR count). The van der Waals surface area contributed by atoms with Gasteiger partial charge in [-0.05, 0) is 43.7 Å².